The van der Waals surface area contributed by atoms with E-state index in [1.54, 1.807) is 19.1 Å². The van der Waals surface area contributed by atoms with E-state index in [4.69, 9.17) is 10.9 Å². The van der Waals surface area contributed by atoms with Crippen LogP contribution in [0.2, 0.25) is 0 Å². The molecule has 9 nitrogen and oxygen atoms in total. The van der Waals surface area contributed by atoms with Gasteiger partial charge in [-0.2, -0.15) is 9.78 Å². The quantitative estimate of drug-likeness (QED) is 0.393. The van der Waals surface area contributed by atoms with Gasteiger partial charge in [0.1, 0.15) is 5.82 Å². The third-order valence-corrected chi connectivity index (χ3v) is 8.56. The molecule has 0 fully saturated rings. The molecule has 0 unspecified atom stereocenters. The van der Waals surface area contributed by atoms with E-state index in [0.29, 0.717) is 28.6 Å². The van der Waals surface area contributed by atoms with Gasteiger partial charge >= 0.3 is 0 Å². The highest BCUT2D eigenvalue weighted by molar-refractivity contribution is 7.91. The topological polar surface area (TPSA) is 151 Å². The van der Waals surface area contributed by atoms with E-state index in [1.165, 1.54) is 22.2 Å². The number of sulfonamides is 1. The maximum Gasteiger partial charge on any atom is 0.238 e. The molecule has 2 heterocycles. The molecule has 4 N–H and O–H groups in total. The zero-order chi connectivity index (χ0) is 23.8. The number of hydrogen-bond acceptors (Lipinski definition) is 8. The molecule has 0 saturated carbocycles. The van der Waals surface area contributed by atoms with Gasteiger partial charge in [0.25, 0.3) is 0 Å². The highest BCUT2D eigenvalue weighted by atomic mass is 32.2. The average Bonchev–Trinajstić information content (AvgIpc) is 3.40. The molecular weight excluding hydrogens is 482 g/mol. The summed E-state index contributed by atoms with van der Waals surface area (Å²) in [5.41, 5.74) is 9.44. The van der Waals surface area contributed by atoms with Crippen molar-refractivity contribution in [3.05, 3.63) is 71.1 Å². The maximum atomic E-state index is 12.2. The Hall–Kier alpha value is -3.06. The lowest BCUT2D eigenvalue weighted by Gasteiger charge is -2.06. The van der Waals surface area contributed by atoms with Crippen LogP contribution in [0.4, 0.5) is 5.82 Å². The minimum absolute atomic E-state index is 0.0127. The van der Waals surface area contributed by atoms with Crippen LogP contribution in [0.5, 0.6) is 0 Å². The van der Waals surface area contributed by atoms with Crippen LogP contribution < -0.4 is 10.9 Å². The van der Waals surface area contributed by atoms with Gasteiger partial charge in [-0.25, -0.2) is 27.0 Å². The molecule has 2 aromatic carbocycles. The van der Waals surface area contributed by atoms with Crippen LogP contribution in [0.1, 0.15) is 18.1 Å². The summed E-state index contributed by atoms with van der Waals surface area (Å²) in [5, 5.41) is 11.6. The highest BCUT2D eigenvalue weighted by Crippen LogP contribution is 2.32. The van der Waals surface area contributed by atoms with Gasteiger partial charge in [0.05, 0.1) is 16.3 Å². The Morgan fingerprint density at radius 2 is 1.67 bits per heavy atom. The van der Waals surface area contributed by atoms with Crippen LogP contribution in [0.25, 0.3) is 16.4 Å². The van der Waals surface area contributed by atoms with Crippen molar-refractivity contribution < 1.29 is 16.8 Å². The van der Waals surface area contributed by atoms with E-state index < -0.39 is 19.9 Å². The first-order valence-corrected chi connectivity index (χ1v) is 13.9. The molecule has 33 heavy (non-hydrogen) atoms. The smallest absolute Gasteiger partial charge is 0.238 e. The van der Waals surface area contributed by atoms with Crippen molar-refractivity contribution in [2.75, 3.05) is 11.5 Å². The van der Waals surface area contributed by atoms with Crippen LogP contribution in [-0.4, -0.2) is 37.4 Å². The monoisotopic (exact) mass is 503 g/mol. The number of sulfone groups is 1. The van der Waals surface area contributed by atoms with Crippen LogP contribution >= 0.6 is 11.3 Å². The molecule has 0 radical (unpaired) electrons. The summed E-state index contributed by atoms with van der Waals surface area (Å²) in [4.78, 5) is 4.27. The molecule has 0 bridgehead atoms. The van der Waals surface area contributed by atoms with Crippen LogP contribution in [0.3, 0.4) is 0 Å². The van der Waals surface area contributed by atoms with E-state index >= 15 is 0 Å². The molecule has 4 rings (SSSR count). The number of aromatic nitrogens is 3. The summed E-state index contributed by atoms with van der Waals surface area (Å²) in [6, 6.07) is 15.7. The van der Waals surface area contributed by atoms with Crippen molar-refractivity contribution >= 4 is 37.0 Å². The molecule has 0 spiro atoms. The van der Waals surface area contributed by atoms with Gasteiger partial charge in [0.15, 0.2) is 14.9 Å². The molecule has 12 heteroatoms. The van der Waals surface area contributed by atoms with E-state index in [0.717, 1.165) is 22.5 Å². The standard InChI is InChI=1S/C21H21N5O4S3/c1-2-32(27,28)18-13-31-21(24-18)26-20(22)17(19(25-26)15-6-4-3-5-7-15)12-14-8-10-16(11-9-14)33(23,29)30/h3-11,13H,2,12,22H2,1H3,(H2,23,29,30). The zero-order valence-corrected chi connectivity index (χ0v) is 20.0. The fraction of sp³-hybridized carbons (Fsp3) is 0.143. The fourth-order valence-corrected chi connectivity index (χ4v) is 5.72. The van der Waals surface area contributed by atoms with Gasteiger partial charge in [-0.15, -0.1) is 11.3 Å². The summed E-state index contributed by atoms with van der Waals surface area (Å²) in [5.74, 6) is 0.263. The summed E-state index contributed by atoms with van der Waals surface area (Å²) < 4.78 is 48.9. The summed E-state index contributed by atoms with van der Waals surface area (Å²) >= 11 is 1.14. The van der Waals surface area contributed by atoms with Crippen LogP contribution in [0.15, 0.2) is 69.9 Å². The fourth-order valence-electron chi connectivity index (χ4n) is 3.25. The highest BCUT2D eigenvalue weighted by Gasteiger charge is 2.22. The number of nitrogens with two attached hydrogens (primary N) is 2. The molecule has 0 aliphatic carbocycles. The molecule has 172 valence electrons. The maximum absolute atomic E-state index is 12.2. The number of nitrogens with zero attached hydrogens (tertiary/aromatic N) is 3. The third-order valence-electron chi connectivity index (χ3n) is 5.05. The number of primary sulfonamides is 1. The number of thiazole rings is 1. The number of anilines is 1. The summed E-state index contributed by atoms with van der Waals surface area (Å²) in [6.07, 6.45) is 0.368. The Labute approximate surface area is 195 Å². The van der Waals surface area contributed by atoms with E-state index in [9.17, 15) is 16.8 Å². The van der Waals surface area contributed by atoms with Gasteiger partial charge in [-0.1, -0.05) is 49.4 Å². The lowest BCUT2D eigenvalue weighted by molar-refractivity contribution is 0.593. The molecule has 2 aromatic heterocycles. The predicted molar refractivity (Wildman–Crippen MR) is 127 cm³/mol. The molecule has 0 amide bonds. The molecule has 0 saturated heterocycles. The SMILES string of the molecule is CCS(=O)(=O)c1csc(-n2nc(-c3ccccc3)c(Cc3ccc(S(N)(=O)=O)cc3)c2N)n1. The second-order valence-electron chi connectivity index (χ2n) is 7.23. The normalized spacial score (nSPS) is 12.2. The van der Waals surface area contributed by atoms with Gasteiger partial charge in [-0.05, 0) is 17.7 Å². The number of hydrogen-bond donors (Lipinski definition) is 2. The van der Waals surface area contributed by atoms with Gasteiger partial charge < -0.3 is 5.73 Å². The van der Waals surface area contributed by atoms with Crippen LogP contribution in [-0.2, 0) is 26.3 Å². The van der Waals surface area contributed by atoms with Crippen molar-refractivity contribution in [1.29, 1.82) is 0 Å². The van der Waals surface area contributed by atoms with Gasteiger partial charge in [0, 0.05) is 22.9 Å². The molecule has 0 aliphatic heterocycles. The number of rotatable bonds is 7. The second kappa shape index (κ2) is 8.71. The summed E-state index contributed by atoms with van der Waals surface area (Å²) in [7, 11) is -7.25. The van der Waals surface area contributed by atoms with E-state index in [1.807, 2.05) is 30.3 Å². The first-order valence-electron chi connectivity index (χ1n) is 9.83. The Morgan fingerprint density at radius 1 is 1.00 bits per heavy atom. The van der Waals surface area contributed by atoms with Gasteiger partial charge in [0.2, 0.25) is 15.2 Å². The van der Waals surface area contributed by atoms with E-state index in [-0.39, 0.29) is 15.7 Å². The lowest BCUT2D eigenvalue weighted by atomic mass is 10.0. The van der Waals surface area contributed by atoms with E-state index in [2.05, 4.69) is 10.1 Å². The van der Waals surface area contributed by atoms with Crippen molar-refractivity contribution in [3.8, 4) is 16.4 Å². The average molecular weight is 504 g/mol. The Kier molecular flexibility index (Phi) is 6.10. The van der Waals surface area contributed by atoms with Crippen molar-refractivity contribution in [3.63, 3.8) is 0 Å². The Balaban J connectivity index is 1.80. The molecule has 0 atom stereocenters. The Bertz CT molecular complexity index is 1510. The third kappa shape index (κ3) is 4.69. The Morgan fingerprint density at radius 3 is 2.27 bits per heavy atom. The molecule has 4 aromatic rings. The van der Waals surface area contributed by atoms with Crippen LogP contribution in [0, 0.1) is 0 Å². The van der Waals surface area contributed by atoms with Crippen molar-refractivity contribution in [2.45, 2.75) is 23.3 Å². The largest absolute Gasteiger partial charge is 0.383 e. The minimum atomic E-state index is -3.79. The predicted octanol–water partition coefficient (Wildman–Crippen LogP) is 2.61. The zero-order valence-electron chi connectivity index (χ0n) is 17.5. The van der Waals surface area contributed by atoms with Gasteiger partial charge in [-0.3, -0.25) is 0 Å². The van der Waals surface area contributed by atoms with Crippen molar-refractivity contribution in [2.24, 2.45) is 5.14 Å². The molecule has 0 aliphatic rings. The first kappa shape index (κ1) is 23.1. The number of nitrogen functional groups attached to an aromatic ring is 1. The van der Waals surface area contributed by atoms with Crippen molar-refractivity contribution in [1.82, 2.24) is 14.8 Å². The summed E-state index contributed by atoms with van der Waals surface area (Å²) in [6.45, 7) is 1.56. The minimum Gasteiger partial charge on any atom is -0.383 e. The first-order chi connectivity index (χ1) is 15.6. The number of benzene rings is 2. The molecular formula is C21H21N5O4S3. The second-order valence-corrected chi connectivity index (χ2v) is 11.9. The lowest BCUT2D eigenvalue weighted by Crippen LogP contribution is -2.11.